The molecule has 9 nitrogen and oxygen atoms in total. The van der Waals surface area contributed by atoms with Crippen molar-refractivity contribution in [3.63, 3.8) is 0 Å². The molecule has 4 heterocycles. The number of fused-ring (bicyclic) bond motifs is 1. The Balaban J connectivity index is 1.40. The summed E-state index contributed by atoms with van der Waals surface area (Å²) < 4.78 is 2.02. The molecular weight excluding hydrogens is 358 g/mol. The summed E-state index contributed by atoms with van der Waals surface area (Å²) in [5.41, 5.74) is 2.10. The molecule has 0 bridgehead atoms. The number of hydrogen-bond donors (Lipinski definition) is 2. The molecule has 0 unspecified atom stereocenters. The van der Waals surface area contributed by atoms with E-state index in [-0.39, 0.29) is 24.3 Å². The number of amides is 2. The van der Waals surface area contributed by atoms with E-state index in [1.165, 1.54) is 0 Å². The van der Waals surface area contributed by atoms with Gasteiger partial charge in [0, 0.05) is 44.4 Å². The van der Waals surface area contributed by atoms with Crippen molar-refractivity contribution in [1.82, 2.24) is 34.9 Å². The first-order valence-corrected chi connectivity index (χ1v) is 9.13. The number of nitrogens with one attached hydrogen (secondary N) is 2. The van der Waals surface area contributed by atoms with Crippen molar-refractivity contribution < 1.29 is 9.59 Å². The SMILES string of the molecule is C[C@@H]1c2nc(CC(=O)NCc3cccnc3)cn2CCN1C(=O)c1ccn[nH]1. The second-order valence-corrected chi connectivity index (χ2v) is 6.74. The van der Waals surface area contributed by atoms with Crippen LogP contribution in [0.5, 0.6) is 0 Å². The molecule has 0 fully saturated rings. The van der Waals surface area contributed by atoms with Crippen LogP contribution in [0.15, 0.2) is 43.0 Å². The highest BCUT2D eigenvalue weighted by Crippen LogP contribution is 2.26. The molecule has 144 valence electrons. The Labute approximate surface area is 161 Å². The van der Waals surface area contributed by atoms with Gasteiger partial charge in [0.25, 0.3) is 5.91 Å². The minimum Gasteiger partial charge on any atom is -0.352 e. The molecule has 1 aliphatic rings. The van der Waals surface area contributed by atoms with Gasteiger partial charge in [0.1, 0.15) is 11.5 Å². The second-order valence-electron chi connectivity index (χ2n) is 6.74. The average molecular weight is 379 g/mol. The highest BCUT2D eigenvalue weighted by molar-refractivity contribution is 5.92. The number of rotatable bonds is 5. The Morgan fingerprint density at radius 3 is 2.93 bits per heavy atom. The standard InChI is InChI=1S/C19H21N7O2/c1-13-18-23-15(9-17(27)21-11-14-3-2-5-20-10-14)12-25(18)7-8-26(13)19(28)16-4-6-22-24-16/h2-6,10,12-13H,7-9,11H2,1H3,(H,21,27)(H,22,24)/t13-/m1/s1. The number of nitrogens with zero attached hydrogens (tertiary/aromatic N) is 5. The van der Waals surface area contributed by atoms with Crippen molar-refractivity contribution in [2.45, 2.75) is 32.5 Å². The van der Waals surface area contributed by atoms with E-state index in [0.29, 0.717) is 31.0 Å². The molecule has 0 saturated carbocycles. The summed E-state index contributed by atoms with van der Waals surface area (Å²) in [5.74, 6) is 0.585. The lowest BCUT2D eigenvalue weighted by Gasteiger charge is -2.33. The minimum atomic E-state index is -0.184. The van der Waals surface area contributed by atoms with Crippen LogP contribution in [0.25, 0.3) is 0 Å². The van der Waals surface area contributed by atoms with E-state index < -0.39 is 0 Å². The van der Waals surface area contributed by atoms with Gasteiger partial charge >= 0.3 is 0 Å². The van der Waals surface area contributed by atoms with E-state index in [2.05, 4.69) is 25.5 Å². The van der Waals surface area contributed by atoms with Crippen LogP contribution in [-0.4, -0.2) is 48.0 Å². The topological polar surface area (TPSA) is 109 Å². The average Bonchev–Trinajstić information content (AvgIpc) is 3.37. The first-order chi connectivity index (χ1) is 13.6. The summed E-state index contributed by atoms with van der Waals surface area (Å²) in [7, 11) is 0. The van der Waals surface area contributed by atoms with E-state index in [1.54, 1.807) is 29.6 Å². The summed E-state index contributed by atoms with van der Waals surface area (Å²) >= 11 is 0. The number of aromatic amines is 1. The third-order valence-corrected chi connectivity index (χ3v) is 4.83. The Kier molecular flexibility index (Phi) is 4.88. The van der Waals surface area contributed by atoms with Crippen LogP contribution in [0.1, 0.15) is 40.5 Å². The van der Waals surface area contributed by atoms with Gasteiger partial charge in [-0.15, -0.1) is 0 Å². The number of H-pyrrole nitrogens is 1. The number of carbonyl (C=O) groups excluding carboxylic acids is 2. The molecule has 3 aromatic rings. The normalized spacial score (nSPS) is 15.9. The molecule has 28 heavy (non-hydrogen) atoms. The molecule has 1 atom stereocenters. The number of pyridine rings is 1. The lowest BCUT2D eigenvalue weighted by molar-refractivity contribution is -0.120. The van der Waals surface area contributed by atoms with Gasteiger partial charge in [-0.2, -0.15) is 5.10 Å². The smallest absolute Gasteiger partial charge is 0.272 e. The van der Waals surface area contributed by atoms with Gasteiger partial charge in [-0.25, -0.2) is 4.98 Å². The maximum absolute atomic E-state index is 12.6. The molecule has 0 aromatic carbocycles. The van der Waals surface area contributed by atoms with E-state index >= 15 is 0 Å². The lowest BCUT2D eigenvalue weighted by Crippen LogP contribution is -2.41. The first kappa shape index (κ1) is 17.9. The third-order valence-electron chi connectivity index (χ3n) is 4.83. The van der Waals surface area contributed by atoms with Crippen molar-refractivity contribution in [2.75, 3.05) is 6.54 Å². The predicted octanol–water partition coefficient (Wildman–Crippen LogP) is 1.08. The van der Waals surface area contributed by atoms with Crippen LogP contribution in [0.3, 0.4) is 0 Å². The van der Waals surface area contributed by atoms with Crippen LogP contribution < -0.4 is 5.32 Å². The van der Waals surface area contributed by atoms with E-state index in [9.17, 15) is 9.59 Å². The molecule has 0 radical (unpaired) electrons. The van der Waals surface area contributed by atoms with Gasteiger partial charge in [0.05, 0.1) is 18.2 Å². The lowest BCUT2D eigenvalue weighted by atomic mass is 10.2. The minimum absolute atomic E-state index is 0.0997. The maximum atomic E-state index is 12.6. The quantitative estimate of drug-likeness (QED) is 0.689. The van der Waals surface area contributed by atoms with E-state index in [4.69, 9.17) is 0 Å². The fraction of sp³-hybridized carbons (Fsp3) is 0.316. The zero-order valence-corrected chi connectivity index (χ0v) is 15.5. The molecular formula is C19H21N7O2. The molecule has 3 aromatic heterocycles. The van der Waals surface area contributed by atoms with Crippen molar-refractivity contribution in [1.29, 1.82) is 0 Å². The summed E-state index contributed by atoms with van der Waals surface area (Å²) in [6.07, 6.45) is 7.07. The van der Waals surface area contributed by atoms with Gasteiger partial charge < -0.3 is 14.8 Å². The van der Waals surface area contributed by atoms with Crippen LogP contribution in [0.2, 0.25) is 0 Å². The van der Waals surface area contributed by atoms with E-state index in [1.807, 2.05) is 29.8 Å². The second kappa shape index (κ2) is 7.63. The summed E-state index contributed by atoms with van der Waals surface area (Å²) in [4.78, 5) is 35.3. The monoisotopic (exact) mass is 379 g/mol. The molecule has 0 aliphatic carbocycles. The van der Waals surface area contributed by atoms with Crippen LogP contribution >= 0.6 is 0 Å². The summed E-state index contributed by atoms with van der Waals surface area (Å²) in [6, 6.07) is 5.23. The summed E-state index contributed by atoms with van der Waals surface area (Å²) in [6.45, 7) is 3.60. The number of carbonyl (C=O) groups is 2. The highest BCUT2D eigenvalue weighted by atomic mass is 16.2. The molecule has 0 saturated heterocycles. The largest absolute Gasteiger partial charge is 0.352 e. The molecule has 2 N–H and O–H groups in total. The van der Waals surface area contributed by atoms with Crippen molar-refractivity contribution >= 4 is 11.8 Å². The molecule has 0 spiro atoms. The maximum Gasteiger partial charge on any atom is 0.272 e. The predicted molar refractivity (Wildman–Crippen MR) is 100 cm³/mol. The summed E-state index contributed by atoms with van der Waals surface area (Å²) in [5, 5.41) is 9.43. The molecule has 9 heteroatoms. The van der Waals surface area contributed by atoms with Gasteiger partial charge in [-0.05, 0) is 24.6 Å². The highest BCUT2D eigenvalue weighted by Gasteiger charge is 2.31. The molecule has 2 amide bonds. The number of imidazole rings is 1. The first-order valence-electron chi connectivity index (χ1n) is 9.13. The zero-order chi connectivity index (χ0) is 19.5. The van der Waals surface area contributed by atoms with Gasteiger partial charge in [0.15, 0.2) is 0 Å². The van der Waals surface area contributed by atoms with Gasteiger partial charge in [-0.3, -0.25) is 19.7 Å². The van der Waals surface area contributed by atoms with Crippen LogP contribution in [-0.2, 0) is 24.3 Å². The molecule has 1 aliphatic heterocycles. The zero-order valence-electron chi connectivity index (χ0n) is 15.5. The Morgan fingerprint density at radius 2 is 2.18 bits per heavy atom. The van der Waals surface area contributed by atoms with Crippen molar-refractivity contribution in [3.05, 3.63) is 65.8 Å². The van der Waals surface area contributed by atoms with Crippen LogP contribution in [0.4, 0.5) is 0 Å². The fourth-order valence-corrected chi connectivity index (χ4v) is 3.37. The number of aromatic nitrogens is 5. The fourth-order valence-electron chi connectivity index (χ4n) is 3.37. The molecule has 4 rings (SSSR count). The Morgan fingerprint density at radius 1 is 1.29 bits per heavy atom. The number of hydrogen-bond acceptors (Lipinski definition) is 5. The Bertz CT molecular complexity index is 966. The Hall–Kier alpha value is -3.49. The third kappa shape index (κ3) is 3.64. The van der Waals surface area contributed by atoms with E-state index in [0.717, 1.165) is 11.4 Å². The van der Waals surface area contributed by atoms with Crippen molar-refractivity contribution in [3.8, 4) is 0 Å². The van der Waals surface area contributed by atoms with Crippen LogP contribution in [0, 0.1) is 0 Å². The van der Waals surface area contributed by atoms with Gasteiger partial charge in [0.2, 0.25) is 5.91 Å². The van der Waals surface area contributed by atoms with Gasteiger partial charge in [-0.1, -0.05) is 6.07 Å². The van der Waals surface area contributed by atoms with Crippen molar-refractivity contribution in [2.24, 2.45) is 0 Å².